The maximum atomic E-state index is 11.2. The Morgan fingerprint density at radius 3 is 2.75 bits per heavy atom. The molecule has 0 saturated carbocycles. The van der Waals surface area contributed by atoms with Crippen molar-refractivity contribution in [3.05, 3.63) is 41.7 Å². The Morgan fingerprint density at radius 2 is 2.10 bits per heavy atom. The fourth-order valence-corrected chi connectivity index (χ4v) is 1.55. The van der Waals surface area contributed by atoms with Crippen molar-refractivity contribution in [2.45, 2.75) is 6.54 Å². The molecule has 0 aliphatic heterocycles. The number of benzene rings is 1. The number of ether oxygens (including phenoxy) is 1. The van der Waals surface area contributed by atoms with Crippen LogP contribution in [0.15, 0.2) is 30.5 Å². The third kappa shape index (κ3) is 3.10. The van der Waals surface area contributed by atoms with Gasteiger partial charge < -0.3 is 15.6 Å². The van der Waals surface area contributed by atoms with Crippen LogP contribution in [0, 0.1) is 0 Å². The van der Waals surface area contributed by atoms with Gasteiger partial charge in [0.05, 0.1) is 18.3 Å². The predicted molar refractivity (Wildman–Crippen MR) is 67.4 cm³/mol. The normalized spacial score (nSPS) is 10.2. The van der Waals surface area contributed by atoms with Crippen LogP contribution in [0.3, 0.4) is 0 Å². The summed E-state index contributed by atoms with van der Waals surface area (Å²) < 4.78 is 6.78. The van der Waals surface area contributed by atoms with Crippen LogP contribution in [0.2, 0.25) is 0 Å². The molecule has 0 spiro atoms. The monoisotopic (exact) mass is 276 g/mol. The highest BCUT2D eigenvalue weighted by Gasteiger charge is 2.10. The topological polar surface area (TPSA) is 120 Å². The number of nitrogens with zero attached hydrogens (tertiary/aromatic N) is 3. The molecule has 0 aliphatic rings. The number of amides is 1. The summed E-state index contributed by atoms with van der Waals surface area (Å²) in [6.07, 6.45) is 1.30. The van der Waals surface area contributed by atoms with Gasteiger partial charge in [-0.05, 0) is 12.1 Å². The Balaban J connectivity index is 1.96. The number of carboxylic acids is 1. The molecule has 104 valence electrons. The van der Waals surface area contributed by atoms with Crippen molar-refractivity contribution >= 4 is 11.9 Å². The molecular weight excluding hydrogens is 264 g/mol. The van der Waals surface area contributed by atoms with Gasteiger partial charge in [0, 0.05) is 0 Å². The number of aromatic nitrogens is 3. The zero-order chi connectivity index (χ0) is 14.5. The zero-order valence-electron chi connectivity index (χ0n) is 10.4. The number of carbonyl (C=O) groups excluding carboxylic acids is 1. The molecule has 2 rings (SSSR count). The van der Waals surface area contributed by atoms with Gasteiger partial charge in [-0.1, -0.05) is 17.3 Å². The first-order valence-corrected chi connectivity index (χ1v) is 5.73. The summed E-state index contributed by atoms with van der Waals surface area (Å²) in [6, 6.07) is 6.60. The van der Waals surface area contributed by atoms with Crippen LogP contribution in [0.5, 0.6) is 5.75 Å². The minimum atomic E-state index is -1.14. The van der Waals surface area contributed by atoms with Crippen LogP contribution in [0.4, 0.5) is 0 Å². The van der Waals surface area contributed by atoms with Crippen molar-refractivity contribution in [2.75, 3.05) is 6.61 Å². The summed E-state index contributed by atoms with van der Waals surface area (Å²) >= 11 is 0. The minimum Gasteiger partial charge on any atom is -0.491 e. The highest BCUT2D eigenvalue weighted by Crippen LogP contribution is 2.16. The third-order valence-electron chi connectivity index (χ3n) is 2.49. The molecule has 0 unspecified atom stereocenters. The number of aromatic carboxylic acids is 1. The van der Waals surface area contributed by atoms with Gasteiger partial charge in [0.15, 0.2) is 5.69 Å². The van der Waals surface area contributed by atoms with Crippen molar-refractivity contribution in [3.8, 4) is 5.75 Å². The van der Waals surface area contributed by atoms with Gasteiger partial charge in [-0.25, -0.2) is 9.48 Å². The Bertz CT molecular complexity index is 638. The first kappa shape index (κ1) is 13.5. The molecule has 1 heterocycles. The summed E-state index contributed by atoms with van der Waals surface area (Å²) in [7, 11) is 0. The van der Waals surface area contributed by atoms with Gasteiger partial charge in [0.1, 0.15) is 12.4 Å². The Kier molecular flexibility index (Phi) is 3.94. The van der Waals surface area contributed by atoms with E-state index in [1.807, 2.05) is 0 Å². The predicted octanol–water partition coefficient (Wildman–Crippen LogP) is 0.154. The number of hydrogen-bond acceptors (Lipinski definition) is 5. The van der Waals surface area contributed by atoms with Crippen LogP contribution in [-0.4, -0.2) is 38.6 Å². The van der Waals surface area contributed by atoms with Crippen molar-refractivity contribution in [3.63, 3.8) is 0 Å². The zero-order valence-corrected chi connectivity index (χ0v) is 10.4. The molecule has 2 aromatic rings. The molecule has 0 radical (unpaired) electrons. The van der Waals surface area contributed by atoms with E-state index in [9.17, 15) is 9.59 Å². The van der Waals surface area contributed by atoms with Crippen molar-refractivity contribution in [1.29, 1.82) is 0 Å². The molecule has 0 saturated heterocycles. The Labute approximate surface area is 113 Å². The maximum absolute atomic E-state index is 11.2. The lowest BCUT2D eigenvalue weighted by Crippen LogP contribution is -2.15. The summed E-state index contributed by atoms with van der Waals surface area (Å²) in [5.74, 6) is -1.34. The standard InChI is InChI=1S/C12H12N4O4/c13-11(17)8-3-1-2-4-10(8)20-6-5-16-7-9(12(18)19)14-15-16/h1-4,7H,5-6H2,(H2,13,17)(H,18,19). The molecule has 1 aromatic carbocycles. The van der Waals surface area contributed by atoms with Crippen LogP contribution in [0.25, 0.3) is 0 Å². The molecular formula is C12H12N4O4. The summed E-state index contributed by atoms with van der Waals surface area (Å²) in [6.45, 7) is 0.500. The van der Waals surface area contributed by atoms with Gasteiger partial charge in [-0.3, -0.25) is 4.79 Å². The number of nitrogens with two attached hydrogens (primary N) is 1. The van der Waals surface area contributed by atoms with Crippen LogP contribution in [0.1, 0.15) is 20.8 Å². The number of carboxylic acid groups (broad SMARTS) is 1. The first-order valence-electron chi connectivity index (χ1n) is 5.73. The van der Waals surface area contributed by atoms with E-state index in [1.54, 1.807) is 24.3 Å². The molecule has 1 aromatic heterocycles. The number of hydrogen-bond donors (Lipinski definition) is 2. The molecule has 0 fully saturated rings. The molecule has 3 N–H and O–H groups in total. The van der Waals surface area contributed by atoms with Crippen molar-refractivity contribution in [2.24, 2.45) is 5.73 Å². The van der Waals surface area contributed by atoms with Gasteiger partial charge in [-0.2, -0.15) is 0 Å². The second-order valence-electron chi connectivity index (χ2n) is 3.88. The van der Waals surface area contributed by atoms with E-state index in [4.69, 9.17) is 15.6 Å². The average Bonchev–Trinajstić information content (AvgIpc) is 2.88. The third-order valence-corrected chi connectivity index (χ3v) is 2.49. The summed E-state index contributed by atoms with van der Waals surface area (Å²) in [4.78, 5) is 21.8. The SMILES string of the molecule is NC(=O)c1ccccc1OCCn1cc(C(=O)O)nn1. The Hall–Kier alpha value is -2.90. The quantitative estimate of drug-likeness (QED) is 0.775. The van der Waals surface area contributed by atoms with Gasteiger partial charge >= 0.3 is 5.97 Å². The molecule has 0 atom stereocenters. The van der Waals surface area contributed by atoms with E-state index in [0.29, 0.717) is 12.3 Å². The van der Waals surface area contributed by atoms with Gasteiger partial charge in [0.25, 0.3) is 5.91 Å². The van der Waals surface area contributed by atoms with Crippen molar-refractivity contribution in [1.82, 2.24) is 15.0 Å². The molecule has 0 bridgehead atoms. The van der Waals surface area contributed by atoms with Gasteiger partial charge in [-0.15, -0.1) is 5.10 Å². The summed E-state index contributed by atoms with van der Waals surface area (Å²) in [5.41, 5.74) is 5.37. The van der Waals surface area contributed by atoms with E-state index < -0.39 is 11.9 Å². The molecule has 20 heavy (non-hydrogen) atoms. The molecule has 1 amide bonds. The number of para-hydroxylation sites is 1. The van der Waals surface area contributed by atoms with Gasteiger partial charge in [0.2, 0.25) is 0 Å². The average molecular weight is 276 g/mol. The van der Waals surface area contributed by atoms with E-state index >= 15 is 0 Å². The lowest BCUT2D eigenvalue weighted by atomic mass is 10.2. The van der Waals surface area contributed by atoms with Crippen LogP contribution < -0.4 is 10.5 Å². The lowest BCUT2D eigenvalue weighted by molar-refractivity contribution is 0.0690. The van der Waals surface area contributed by atoms with E-state index in [2.05, 4.69) is 10.3 Å². The first-order chi connectivity index (χ1) is 9.58. The fraction of sp³-hybridized carbons (Fsp3) is 0.167. The smallest absolute Gasteiger partial charge is 0.358 e. The second-order valence-corrected chi connectivity index (χ2v) is 3.88. The molecule has 8 heteroatoms. The summed E-state index contributed by atoms with van der Waals surface area (Å²) in [5, 5.41) is 15.8. The minimum absolute atomic E-state index is 0.137. The number of rotatable bonds is 6. The van der Waals surface area contributed by atoms with Crippen LogP contribution in [-0.2, 0) is 6.54 Å². The second kappa shape index (κ2) is 5.83. The number of carbonyl (C=O) groups is 2. The fourth-order valence-electron chi connectivity index (χ4n) is 1.55. The van der Waals surface area contributed by atoms with E-state index in [-0.39, 0.29) is 17.9 Å². The largest absolute Gasteiger partial charge is 0.491 e. The molecule has 8 nitrogen and oxygen atoms in total. The highest BCUT2D eigenvalue weighted by molar-refractivity contribution is 5.95. The lowest BCUT2D eigenvalue weighted by Gasteiger charge is -2.08. The maximum Gasteiger partial charge on any atom is 0.358 e. The molecule has 0 aliphatic carbocycles. The highest BCUT2D eigenvalue weighted by atomic mass is 16.5. The number of primary amides is 1. The van der Waals surface area contributed by atoms with E-state index in [0.717, 1.165) is 0 Å². The van der Waals surface area contributed by atoms with Crippen molar-refractivity contribution < 1.29 is 19.4 Å². The Morgan fingerprint density at radius 1 is 1.35 bits per heavy atom. The van der Waals surface area contributed by atoms with Crippen LogP contribution >= 0.6 is 0 Å². The van der Waals surface area contributed by atoms with E-state index in [1.165, 1.54) is 10.9 Å².